The van der Waals surface area contributed by atoms with Gasteiger partial charge in [-0.05, 0) is 19.9 Å². The lowest BCUT2D eigenvalue weighted by atomic mass is 10.2. The van der Waals surface area contributed by atoms with Gasteiger partial charge in [0.25, 0.3) is 0 Å². The highest BCUT2D eigenvalue weighted by molar-refractivity contribution is 5.89. The van der Waals surface area contributed by atoms with E-state index in [-0.39, 0.29) is 17.7 Å². The van der Waals surface area contributed by atoms with Crippen LogP contribution in [0.1, 0.15) is 24.2 Å². The number of anilines is 2. The molecule has 1 fully saturated rings. The first-order chi connectivity index (χ1) is 8.49. The van der Waals surface area contributed by atoms with E-state index in [9.17, 15) is 4.79 Å². The van der Waals surface area contributed by atoms with E-state index in [0.717, 1.165) is 0 Å². The summed E-state index contributed by atoms with van der Waals surface area (Å²) in [6.07, 6.45) is 1.45. The molecule has 0 radical (unpaired) electrons. The lowest BCUT2D eigenvalue weighted by molar-refractivity contribution is 0.0341. The summed E-state index contributed by atoms with van der Waals surface area (Å²) in [5, 5.41) is 8.88. The number of nitrogens with two attached hydrogens (primary N) is 1. The number of hydrogen-bond donors (Lipinski definition) is 2. The van der Waals surface area contributed by atoms with Gasteiger partial charge in [0.05, 0.1) is 30.0 Å². The second kappa shape index (κ2) is 4.81. The highest BCUT2D eigenvalue weighted by atomic mass is 16.5. The third-order valence-electron chi connectivity index (χ3n) is 3.02. The molecule has 2 unspecified atom stereocenters. The van der Waals surface area contributed by atoms with Gasteiger partial charge < -0.3 is 20.5 Å². The van der Waals surface area contributed by atoms with Crippen molar-refractivity contribution in [2.75, 3.05) is 23.8 Å². The fraction of sp³-hybridized carbons (Fsp3) is 0.500. The number of nitrogen functional groups attached to an aromatic ring is 1. The number of carbonyl (C=O) groups is 1. The predicted octanol–water partition coefficient (Wildman–Crippen LogP) is 0.976. The van der Waals surface area contributed by atoms with Crippen molar-refractivity contribution in [2.45, 2.75) is 26.0 Å². The van der Waals surface area contributed by atoms with E-state index >= 15 is 0 Å². The molecule has 1 aliphatic heterocycles. The lowest BCUT2D eigenvalue weighted by Crippen LogP contribution is -2.48. The van der Waals surface area contributed by atoms with Crippen molar-refractivity contribution < 1.29 is 14.6 Å². The number of aromatic carboxylic acids is 1. The normalized spacial score (nSPS) is 24.0. The molecule has 0 aliphatic carbocycles. The van der Waals surface area contributed by atoms with E-state index in [0.29, 0.717) is 24.7 Å². The number of pyridine rings is 1. The topological polar surface area (TPSA) is 88.7 Å². The number of carboxylic acid groups (broad SMARTS) is 1. The summed E-state index contributed by atoms with van der Waals surface area (Å²) in [5.41, 5.74) is 6.38. The molecular weight excluding hydrogens is 234 g/mol. The molecule has 0 aromatic carbocycles. The Balaban J connectivity index is 2.30. The number of rotatable bonds is 2. The zero-order chi connectivity index (χ0) is 13.3. The van der Waals surface area contributed by atoms with Crippen molar-refractivity contribution in [3.63, 3.8) is 0 Å². The molecule has 1 aromatic rings. The predicted molar refractivity (Wildman–Crippen MR) is 67.8 cm³/mol. The molecule has 2 atom stereocenters. The highest BCUT2D eigenvalue weighted by Crippen LogP contribution is 2.26. The Morgan fingerprint density at radius 1 is 1.61 bits per heavy atom. The van der Waals surface area contributed by atoms with Crippen LogP contribution in [0.5, 0.6) is 0 Å². The Bertz CT molecular complexity index is 464. The Kier molecular flexibility index (Phi) is 3.38. The maximum absolute atomic E-state index is 10.8. The zero-order valence-electron chi connectivity index (χ0n) is 10.5. The van der Waals surface area contributed by atoms with Crippen LogP contribution >= 0.6 is 0 Å². The molecule has 0 bridgehead atoms. The van der Waals surface area contributed by atoms with Crippen molar-refractivity contribution >= 4 is 17.5 Å². The average molecular weight is 251 g/mol. The highest BCUT2D eigenvalue weighted by Gasteiger charge is 2.26. The average Bonchev–Trinajstić information content (AvgIpc) is 2.32. The van der Waals surface area contributed by atoms with Crippen molar-refractivity contribution in [2.24, 2.45) is 0 Å². The number of hydrogen-bond acceptors (Lipinski definition) is 5. The standard InChI is InChI=1S/C12H17N3O3/c1-7-6-18-8(2)5-15(7)11-10(13)3-9(4-14-11)12(16)17/h3-4,7-8H,5-6,13H2,1-2H3,(H,16,17). The van der Waals surface area contributed by atoms with Gasteiger partial charge in [-0.1, -0.05) is 0 Å². The molecule has 18 heavy (non-hydrogen) atoms. The largest absolute Gasteiger partial charge is 0.478 e. The Hall–Kier alpha value is -1.82. The molecule has 98 valence electrons. The third kappa shape index (κ3) is 2.38. The van der Waals surface area contributed by atoms with Gasteiger partial charge in [0.15, 0.2) is 5.82 Å². The van der Waals surface area contributed by atoms with Crippen LogP contribution in [-0.4, -0.2) is 41.4 Å². The summed E-state index contributed by atoms with van der Waals surface area (Å²) in [5.74, 6) is -0.396. The number of aromatic nitrogens is 1. The van der Waals surface area contributed by atoms with Gasteiger partial charge in [0.2, 0.25) is 0 Å². The SMILES string of the molecule is CC1CN(c2ncc(C(=O)O)cc2N)C(C)CO1. The van der Waals surface area contributed by atoms with Gasteiger partial charge in [-0.25, -0.2) is 9.78 Å². The molecule has 2 rings (SSSR count). The maximum atomic E-state index is 10.8. The van der Waals surface area contributed by atoms with Gasteiger partial charge in [0.1, 0.15) is 0 Å². The summed E-state index contributed by atoms with van der Waals surface area (Å²) >= 11 is 0. The molecule has 2 heterocycles. The molecule has 1 aliphatic rings. The van der Waals surface area contributed by atoms with Crippen LogP contribution in [0.25, 0.3) is 0 Å². The van der Waals surface area contributed by atoms with Crippen LogP contribution in [0.2, 0.25) is 0 Å². The minimum absolute atomic E-state index is 0.102. The molecule has 1 saturated heterocycles. The first kappa shape index (κ1) is 12.6. The second-order valence-electron chi connectivity index (χ2n) is 4.59. The number of carboxylic acids is 1. The molecule has 0 spiro atoms. The minimum Gasteiger partial charge on any atom is -0.478 e. The summed E-state index contributed by atoms with van der Waals surface area (Å²) < 4.78 is 5.54. The maximum Gasteiger partial charge on any atom is 0.337 e. The van der Waals surface area contributed by atoms with Crippen molar-refractivity contribution in [3.05, 3.63) is 17.8 Å². The Labute approximate surface area is 105 Å². The smallest absolute Gasteiger partial charge is 0.337 e. The summed E-state index contributed by atoms with van der Waals surface area (Å²) in [7, 11) is 0. The van der Waals surface area contributed by atoms with E-state index in [4.69, 9.17) is 15.6 Å². The zero-order valence-corrected chi connectivity index (χ0v) is 10.5. The lowest BCUT2D eigenvalue weighted by Gasteiger charge is -2.38. The van der Waals surface area contributed by atoms with E-state index < -0.39 is 5.97 Å². The molecular formula is C12H17N3O3. The van der Waals surface area contributed by atoms with Crippen LogP contribution in [0.4, 0.5) is 11.5 Å². The van der Waals surface area contributed by atoms with E-state index in [2.05, 4.69) is 9.88 Å². The van der Waals surface area contributed by atoms with Gasteiger partial charge in [-0.3, -0.25) is 0 Å². The van der Waals surface area contributed by atoms with Gasteiger partial charge in [-0.2, -0.15) is 0 Å². The second-order valence-corrected chi connectivity index (χ2v) is 4.59. The molecule has 6 nitrogen and oxygen atoms in total. The first-order valence-corrected chi connectivity index (χ1v) is 5.86. The van der Waals surface area contributed by atoms with E-state index in [1.165, 1.54) is 12.3 Å². The fourth-order valence-electron chi connectivity index (χ4n) is 2.03. The molecule has 0 saturated carbocycles. The molecule has 3 N–H and O–H groups in total. The molecule has 6 heteroatoms. The van der Waals surface area contributed by atoms with E-state index in [1.807, 2.05) is 13.8 Å². The van der Waals surface area contributed by atoms with Gasteiger partial charge in [0, 0.05) is 12.7 Å². The van der Waals surface area contributed by atoms with Crippen LogP contribution in [0, 0.1) is 0 Å². The van der Waals surface area contributed by atoms with Gasteiger partial charge in [-0.15, -0.1) is 0 Å². The number of nitrogens with zero attached hydrogens (tertiary/aromatic N) is 2. The van der Waals surface area contributed by atoms with Crippen LogP contribution in [0.3, 0.4) is 0 Å². The quantitative estimate of drug-likeness (QED) is 0.814. The summed E-state index contributed by atoms with van der Waals surface area (Å²) in [6, 6.07) is 1.61. The van der Waals surface area contributed by atoms with Crippen molar-refractivity contribution in [1.29, 1.82) is 0 Å². The summed E-state index contributed by atoms with van der Waals surface area (Å²) in [4.78, 5) is 17.1. The van der Waals surface area contributed by atoms with Crippen molar-refractivity contribution in [3.8, 4) is 0 Å². The fourth-order valence-corrected chi connectivity index (χ4v) is 2.03. The summed E-state index contributed by atoms with van der Waals surface area (Å²) in [6.45, 7) is 5.33. The van der Waals surface area contributed by atoms with Crippen LogP contribution < -0.4 is 10.6 Å². The van der Waals surface area contributed by atoms with Crippen molar-refractivity contribution in [1.82, 2.24) is 4.98 Å². The monoisotopic (exact) mass is 251 g/mol. The van der Waals surface area contributed by atoms with Crippen LogP contribution in [-0.2, 0) is 4.74 Å². The Morgan fingerprint density at radius 3 is 2.94 bits per heavy atom. The molecule has 0 amide bonds. The van der Waals surface area contributed by atoms with E-state index in [1.54, 1.807) is 0 Å². The van der Waals surface area contributed by atoms with Gasteiger partial charge >= 0.3 is 5.97 Å². The number of morpholine rings is 1. The van der Waals surface area contributed by atoms with Crippen LogP contribution in [0.15, 0.2) is 12.3 Å². The molecule has 1 aromatic heterocycles. The third-order valence-corrected chi connectivity index (χ3v) is 3.02. The number of ether oxygens (including phenoxy) is 1. The minimum atomic E-state index is -1.02. The Morgan fingerprint density at radius 2 is 2.33 bits per heavy atom. The first-order valence-electron chi connectivity index (χ1n) is 5.86.